The van der Waals surface area contributed by atoms with Crippen molar-refractivity contribution in [3.8, 4) is 11.5 Å². The zero-order valence-corrected chi connectivity index (χ0v) is 19.4. The van der Waals surface area contributed by atoms with E-state index in [1.165, 1.54) is 31.1 Å². The van der Waals surface area contributed by atoms with Gasteiger partial charge in [0, 0.05) is 10.4 Å². The highest BCUT2D eigenvalue weighted by Gasteiger charge is 2.24. The third-order valence-corrected chi connectivity index (χ3v) is 6.46. The van der Waals surface area contributed by atoms with Crippen molar-refractivity contribution in [3.05, 3.63) is 87.2 Å². The standard InChI is InChI=1S/C26H26N2O4S/c1-31-23-13-12-18(15-24(23)32-2)25(29)28-22(16-19-9-6-14-33-19)26(30)27-21-11-5-8-17-7-3-4-10-20(17)21/h3-4,6-7,9-10,12-16,21H,5,8,11H2,1-2H3,(H,27,30)(H,28,29)/b22-16-. The van der Waals surface area contributed by atoms with Crippen molar-refractivity contribution in [3.63, 3.8) is 0 Å². The van der Waals surface area contributed by atoms with E-state index in [1.807, 2.05) is 29.6 Å². The zero-order chi connectivity index (χ0) is 23.2. The van der Waals surface area contributed by atoms with Gasteiger partial charge in [-0.15, -0.1) is 11.3 Å². The molecule has 2 aromatic carbocycles. The molecule has 1 aromatic heterocycles. The molecule has 0 spiro atoms. The predicted molar refractivity (Wildman–Crippen MR) is 130 cm³/mol. The molecule has 1 unspecified atom stereocenters. The van der Waals surface area contributed by atoms with Crippen molar-refractivity contribution in [1.29, 1.82) is 0 Å². The minimum atomic E-state index is -0.405. The van der Waals surface area contributed by atoms with Crippen LogP contribution in [-0.2, 0) is 11.2 Å². The Hall–Kier alpha value is -3.58. The number of carbonyl (C=O) groups is 2. The first kappa shape index (κ1) is 22.6. The van der Waals surface area contributed by atoms with E-state index < -0.39 is 5.91 Å². The van der Waals surface area contributed by atoms with Gasteiger partial charge < -0.3 is 20.1 Å². The van der Waals surface area contributed by atoms with Crippen LogP contribution >= 0.6 is 11.3 Å². The number of thiophene rings is 1. The summed E-state index contributed by atoms with van der Waals surface area (Å²) in [6.45, 7) is 0. The number of ether oxygens (including phenoxy) is 2. The average Bonchev–Trinajstić information content (AvgIpc) is 3.36. The summed E-state index contributed by atoms with van der Waals surface area (Å²) in [5.74, 6) is 0.242. The molecule has 4 rings (SSSR count). The average molecular weight is 463 g/mol. The lowest BCUT2D eigenvalue weighted by Crippen LogP contribution is -2.37. The summed E-state index contributed by atoms with van der Waals surface area (Å²) in [7, 11) is 3.05. The third-order valence-electron chi connectivity index (χ3n) is 5.64. The molecular weight excluding hydrogens is 436 g/mol. The van der Waals surface area contributed by atoms with Crippen LogP contribution in [0.25, 0.3) is 6.08 Å². The number of amides is 2. The largest absolute Gasteiger partial charge is 0.493 e. The maximum atomic E-state index is 13.3. The third kappa shape index (κ3) is 5.26. The molecule has 1 atom stereocenters. The molecule has 1 aliphatic rings. The molecule has 0 saturated carbocycles. The molecule has 170 valence electrons. The van der Waals surface area contributed by atoms with E-state index in [9.17, 15) is 9.59 Å². The van der Waals surface area contributed by atoms with Crippen LogP contribution in [0, 0.1) is 0 Å². The van der Waals surface area contributed by atoms with Crippen LogP contribution in [-0.4, -0.2) is 26.0 Å². The van der Waals surface area contributed by atoms with Gasteiger partial charge in [0.1, 0.15) is 5.70 Å². The summed E-state index contributed by atoms with van der Waals surface area (Å²) in [4.78, 5) is 27.2. The molecule has 0 saturated heterocycles. The molecule has 2 amide bonds. The molecule has 0 aliphatic heterocycles. The number of rotatable bonds is 7. The minimum Gasteiger partial charge on any atom is -0.493 e. The van der Waals surface area contributed by atoms with Crippen LogP contribution in [0.1, 0.15) is 45.2 Å². The van der Waals surface area contributed by atoms with Crippen LogP contribution < -0.4 is 20.1 Å². The highest BCUT2D eigenvalue weighted by atomic mass is 32.1. The van der Waals surface area contributed by atoms with Crippen molar-refractivity contribution in [2.75, 3.05) is 14.2 Å². The van der Waals surface area contributed by atoms with Crippen LogP contribution in [0.4, 0.5) is 0 Å². The second-order valence-electron chi connectivity index (χ2n) is 7.71. The lowest BCUT2D eigenvalue weighted by Gasteiger charge is -2.26. The lowest BCUT2D eigenvalue weighted by atomic mass is 9.87. The summed E-state index contributed by atoms with van der Waals surface area (Å²) in [6.07, 6.45) is 4.58. The predicted octanol–water partition coefficient (Wildman–Crippen LogP) is 4.73. The Morgan fingerprint density at radius 2 is 1.85 bits per heavy atom. The summed E-state index contributed by atoms with van der Waals surface area (Å²) < 4.78 is 10.5. The topological polar surface area (TPSA) is 76.7 Å². The molecular formula is C26H26N2O4S. The Labute approximate surface area is 197 Å². The summed E-state index contributed by atoms with van der Waals surface area (Å²) >= 11 is 1.49. The summed E-state index contributed by atoms with van der Waals surface area (Å²) in [5, 5.41) is 7.84. The maximum Gasteiger partial charge on any atom is 0.268 e. The summed E-state index contributed by atoms with van der Waals surface area (Å²) in [6, 6.07) is 16.8. The van der Waals surface area contributed by atoms with Gasteiger partial charge in [-0.3, -0.25) is 9.59 Å². The van der Waals surface area contributed by atoms with Crippen LogP contribution in [0.3, 0.4) is 0 Å². The second-order valence-corrected chi connectivity index (χ2v) is 8.69. The molecule has 7 heteroatoms. The number of aryl methyl sites for hydroxylation is 1. The van der Waals surface area contributed by atoms with Gasteiger partial charge in [0.15, 0.2) is 11.5 Å². The van der Waals surface area contributed by atoms with Crippen molar-refractivity contribution in [2.24, 2.45) is 0 Å². The molecule has 1 aliphatic carbocycles. The quantitative estimate of drug-likeness (QED) is 0.498. The molecule has 0 radical (unpaired) electrons. The Morgan fingerprint density at radius 3 is 2.61 bits per heavy atom. The van der Waals surface area contributed by atoms with Crippen LogP contribution in [0.2, 0.25) is 0 Å². The fraction of sp³-hybridized carbons (Fsp3) is 0.231. The molecule has 0 bridgehead atoms. The van der Waals surface area contributed by atoms with Crippen LogP contribution in [0.5, 0.6) is 11.5 Å². The first-order valence-corrected chi connectivity index (χ1v) is 11.6. The van der Waals surface area contributed by atoms with Crippen LogP contribution in [0.15, 0.2) is 65.7 Å². The Morgan fingerprint density at radius 1 is 1.03 bits per heavy atom. The highest BCUT2D eigenvalue weighted by molar-refractivity contribution is 7.10. The van der Waals surface area contributed by atoms with E-state index in [4.69, 9.17) is 9.47 Å². The number of benzene rings is 2. The smallest absolute Gasteiger partial charge is 0.268 e. The first-order chi connectivity index (χ1) is 16.1. The minimum absolute atomic E-state index is 0.0906. The normalized spacial score (nSPS) is 15.3. The van der Waals surface area contributed by atoms with E-state index >= 15 is 0 Å². The highest BCUT2D eigenvalue weighted by Crippen LogP contribution is 2.30. The van der Waals surface area contributed by atoms with Gasteiger partial charge in [-0.1, -0.05) is 30.3 Å². The lowest BCUT2D eigenvalue weighted by molar-refractivity contribution is -0.118. The molecule has 2 N–H and O–H groups in total. The van der Waals surface area contributed by atoms with E-state index in [2.05, 4.69) is 22.8 Å². The SMILES string of the molecule is COc1ccc(C(=O)N/C(=C\c2cccs2)C(=O)NC2CCCc3ccccc32)cc1OC. The van der Waals surface area contributed by atoms with Crippen molar-refractivity contribution in [1.82, 2.24) is 10.6 Å². The van der Waals surface area contributed by atoms with E-state index in [0.29, 0.717) is 17.1 Å². The van der Waals surface area contributed by atoms with Gasteiger partial charge in [0.05, 0.1) is 20.3 Å². The van der Waals surface area contributed by atoms with Crippen molar-refractivity contribution < 1.29 is 19.1 Å². The van der Waals surface area contributed by atoms with Gasteiger partial charge in [-0.05, 0) is 66.1 Å². The molecule has 3 aromatic rings. The Kier molecular flexibility index (Phi) is 7.10. The fourth-order valence-corrected chi connectivity index (χ4v) is 4.64. The zero-order valence-electron chi connectivity index (χ0n) is 18.6. The van der Waals surface area contributed by atoms with Gasteiger partial charge >= 0.3 is 0 Å². The first-order valence-electron chi connectivity index (χ1n) is 10.8. The molecule has 33 heavy (non-hydrogen) atoms. The second kappa shape index (κ2) is 10.4. The number of fused-ring (bicyclic) bond motifs is 1. The number of hydrogen-bond acceptors (Lipinski definition) is 5. The fourth-order valence-electron chi connectivity index (χ4n) is 3.99. The molecule has 6 nitrogen and oxygen atoms in total. The van der Waals surface area contributed by atoms with E-state index in [1.54, 1.807) is 24.3 Å². The van der Waals surface area contributed by atoms with Crippen molar-refractivity contribution in [2.45, 2.75) is 25.3 Å². The van der Waals surface area contributed by atoms with Gasteiger partial charge in [-0.25, -0.2) is 0 Å². The van der Waals surface area contributed by atoms with E-state index in [-0.39, 0.29) is 17.6 Å². The Balaban J connectivity index is 1.57. The molecule has 0 fully saturated rings. The Bertz CT molecular complexity index is 1170. The monoisotopic (exact) mass is 462 g/mol. The van der Waals surface area contributed by atoms with Gasteiger partial charge in [-0.2, -0.15) is 0 Å². The number of carbonyl (C=O) groups excluding carboxylic acids is 2. The maximum absolute atomic E-state index is 13.3. The summed E-state index contributed by atoms with van der Waals surface area (Å²) in [5.41, 5.74) is 2.95. The van der Waals surface area contributed by atoms with E-state index in [0.717, 1.165) is 29.7 Å². The number of methoxy groups -OCH3 is 2. The number of nitrogens with one attached hydrogen (secondary N) is 2. The number of hydrogen-bond donors (Lipinski definition) is 2. The van der Waals surface area contributed by atoms with Gasteiger partial charge in [0.25, 0.3) is 11.8 Å². The van der Waals surface area contributed by atoms with Gasteiger partial charge in [0.2, 0.25) is 0 Å². The van der Waals surface area contributed by atoms with Crippen molar-refractivity contribution >= 4 is 29.2 Å². The molecule has 1 heterocycles.